The summed E-state index contributed by atoms with van der Waals surface area (Å²) in [4.78, 5) is 46.7. The van der Waals surface area contributed by atoms with Gasteiger partial charge in [0.2, 0.25) is 5.91 Å². The molecule has 10 nitrogen and oxygen atoms in total. The first-order valence-electron chi connectivity index (χ1n) is 13.9. The van der Waals surface area contributed by atoms with Gasteiger partial charge in [0.1, 0.15) is 17.1 Å². The van der Waals surface area contributed by atoms with Gasteiger partial charge in [0, 0.05) is 41.4 Å². The molecule has 232 valence electrons. The van der Waals surface area contributed by atoms with Crippen molar-refractivity contribution in [1.82, 2.24) is 24.8 Å². The number of carbonyl (C=O) groups excluding carboxylic acids is 2. The zero-order chi connectivity index (χ0) is 31.7. The molecule has 1 aliphatic heterocycles. The summed E-state index contributed by atoms with van der Waals surface area (Å²) in [6, 6.07) is 5.62. The number of hydrogen-bond acceptors (Lipinski definition) is 9. The number of thiazole rings is 1. The van der Waals surface area contributed by atoms with Gasteiger partial charge in [-0.2, -0.15) is 4.98 Å². The van der Waals surface area contributed by atoms with Crippen LogP contribution in [-0.4, -0.2) is 76.4 Å². The van der Waals surface area contributed by atoms with Gasteiger partial charge < -0.3 is 9.64 Å². The SMILES string of the molecule is COc1cnc(C(F)F)cc1-c1cc(N2CCN(CC(F)F)CC2=O)ccc1C(=O)Nc1nc2ncc(C#CC3CC3)nc2s1. The fraction of sp³-hybridized carbons (Fsp3) is 0.333. The van der Waals surface area contributed by atoms with Crippen LogP contribution in [0.25, 0.3) is 21.6 Å². The molecular formula is C30H25F4N7O3S. The van der Waals surface area contributed by atoms with Crippen LogP contribution >= 0.6 is 11.3 Å². The number of piperazine rings is 1. The largest absolute Gasteiger partial charge is 0.494 e. The molecule has 0 spiro atoms. The van der Waals surface area contributed by atoms with E-state index in [9.17, 15) is 27.2 Å². The normalized spacial score (nSPS) is 15.4. The van der Waals surface area contributed by atoms with E-state index in [1.54, 1.807) is 0 Å². The summed E-state index contributed by atoms with van der Waals surface area (Å²) in [5.41, 5.74) is 1.04. The van der Waals surface area contributed by atoms with E-state index in [1.807, 2.05) is 0 Å². The number of ether oxygens (including phenoxy) is 1. The Hall–Kier alpha value is -4.68. The predicted octanol–water partition coefficient (Wildman–Crippen LogP) is 5.02. The second kappa shape index (κ2) is 12.7. The van der Waals surface area contributed by atoms with E-state index in [1.165, 1.54) is 41.3 Å². The lowest BCUT2D eigenvalue weighted by Gasteiger charge is -2.34. The molecule has 2 amide bonds. The Kier molecular flexibility index (Phi) is 8.59. The van der Waals surface area contributed by atoms with Gasteiger partial charge in [-0.05, 0) is 43.0 Å². The van der Waals surface area contributed by atoms with E-state index >= 15 is 0 Å². The molecule has 0 atom stereocenters. The van der Waals surface area contributed by atoms with Gasteiger partial charge >= 0.3 is 0 Å². The number of carbonyl (C=O) groups is 2. The zero-order valence-corrected chi connectivity index (χ0v) is 24.6. The van der Waals surface area contributed by atoms with E-state index in [4.69, 9.17) is 4.74 Å². The van der Waals surface area contributed by atoms with Crippen LogP contribution in [0.5, 0.6) is 5.75 Å². The number of amides is 2. The smallest absolute Gasteiger partial charge is 0.280 e. The second-order valence-electron chi connectivity index (χ2n) is 10.4. The lowest BCUT2D eigenvalue weighted by Crippen LogP contribution is -2.51. The van der Waals surface area contributed by atoms with E-state index < -0.39 is 36.9 Å². The molecule has 1 aromatic carbocycles. The average molecular weight is 640 g/mol. The number of anilines is 2. The lowest BCUT2D eigenvalue weighted by molar-refractivity contribution is -0.121. The van der Waals surface area contributed by atoms with Crippen LogP contribution in [0.4, 0.5) is 28.4 Å². The fourth-order valence-corrected chi connectivity index (χ4v) is 5.61. The van der Waals surface area contributed by atoms with Crippen LogP contribution in [0.1, 0.15) is 41.0 Å². The van der Waals surface area contributed by atoms with Crippen LogP contribution in [0, 0.1) is 17.8 Å². The number of nitrogens with one attached hydrogen (secondary N) is 1. The number of hydrogen-bond donors (Lipinski definition) is 1. The molecule has 2 aliphatic rings. The first kappa shape index (κ1) is 30.4. The molecule has 2 fully saturated rings. The predicted molar refractivity (Wildman–Crippen MR) is 159 cm³/mol. The third kappa shape index (κ3) is 6.86. The van der Waals surface area contributed by atoms with Crippen molar-refractivity contribution in [3.05, 3.63) is 53.6 Å². The van der Waals surface area contributed by atoms with Crippen molar-refractivity contribution in [1.29, 1.82) is 0 Å². The van der Waals surface area contributed by atoms with Crippen LogP contribution in [-0.2, 0) is 4.79 Å². The Bertz CT molecular complexity index is 1840. The molecule has 6 rings (SSSR count). The molecule has 15 heteroatoms. The number of benzene rings is 1. The Balaban J connectivity index is 1.34. The van der Waals surface area contributed by atoms with Crippen molar-refractivity contribution in [2.24, 2.45) is 5.92 Å². The van der Waals surface area contributed by atoms with Crippen LogP contribution in [0.15, 0.2) is 36.7 Å². The monoisotopic (exact) mass is 639 g/mol. The molecule has 0 radical (unpaired) electrons. The summed E-state index contributed by atoms with van der Waals surface area (Å²) in [7, 11) is 1.34. The Labute approximate surface area is 258 Å². The molecule has 1 aliphatic carbocycles. The van der Waals surface area contributed by atoms with Gasteiger partial charge in [-0.3, -0.25) is 24.8 Å². The van der Waals surface area contributed by atoms with E-state index in [0.717, 1.165) is 36.4 Å². The quantitative estimate of drug-likeness (QED) is 0.211. The maximum Gasteiger partial charge on any atom is 0.280 e. The Morgan fingerprint density at radius 3 is 2.64 bits per heavy atom. The van der Waals surface area contributed by atoms with Crippen LogP contribution in [0.2, 0.25) is 0 Å². The van der Waals surface area contributed by atoms with E-state index in [-0.39, 0.29) is 47.2 Å². The molecule has 0 unspecified atom stereocenters. The number of fused-ring (bicyclic) bond motifs is 1. The van der Waals surface area contributed by atoms with Crippen molar-refractivity contribution in [2.45, 2.75) is 25.7 Å². The third-order valence-corrected chi connectivity index (χ3v) is 8.06. The summed E-state index contributed by atoms with van der Waals surface area (Å²) in [6.45, 7) is -0.426. The summed E-state index contributed by atoms with van der Waals surface area (Å²) in [5, 5.41) is 2.94. The molecule has 4 heterocycles. The summed E-state index contributed by atoms with van der Waals surface area (Å²) < 4.78 is 58.6. The highest BCUT2D eigenvalue weighted by molar-refractivity contribution is 7.21. The molecule has 1 saturated heterocycles. The second-order valence-corrected chi connectivity index (χ2v) is 11.4. The van der Waals surface area contributed by atoms with Gasteiger partial charge in [-0.1, -0.05) is 17.3 Å². The van der Waals surface area contributed by atoms with Crippen LogP contribution in [0.3, 0.4) is 0 Å². The molecule has 45 heavy (non-hydrogen) atoms. The first-order chi connectivity index (χ1) is 21.7. The number of alkyl halides is 4. The minimum atomic E-state index is -2.90. The highest BCUT2D eigenvalue weighted by atomic mass is 32.1. The topological polar surface area (TPSA) is 113 Å². The van der Waals surface area contributed by atoms with Crippen LogP contribution < -0.4 is 15.0 Å². The van der Waals surface area contributed by atoms with Crippen molar-refractivity contribution in [3.8, 4) is 28.7 Å². The summed E-state index contributed by atoms with van der Waals surface area (Å²) >= 11 is 1.10. The molecule has 3 aromatic heterocycles. The van der Waals surface area contributed by atoms with Crippen molar-refractivity contribution >= 4 is 44.4 Å². The van der Waals surface area contributed by atoms with E-state index in [2.05, 4.69) is 37.1 Å². The molecular weight excluding hydrogens is 614 g/mol. The van der Waals surface area contributed by atoms with Gasteiger partial charge in [-0.15, -0.1) is 0 Å². The standard InChI is InChI=1S/C30H25F4N7O3S/c1-44-23-13-35-22(26(33)34)11-21(23)20-10-18(41-9-8-40(14-24(31)32)15-25(41)42)6-7-19(20)28(43)39-30-38-27-29(45-30)37-17(12-36-27)5-4-16-2-3-16/h6-7,10-13,16,24,26H,2-3,8-9,14-15H2,1H3,(H,36,38,39,43). The molecule has 4 aromatic rings. The zero-order valence-electron chi connectivity index (χ0n) is 23.8. The van der Waals surface area contributed by atoms with Crippen molar-refractivity contribution in [3.63, 3.8) is 0 Å². The summed E-state index contributed by atoms with van der Waals surface area (Å²) in [6.07, 6.45) is -0.682. The average Bonchev–Trinajstić information content (AvgIpc) is 3.76. The third-order valence-electron chi connectivity index (χ3n) is 7.20. The molecule has 1 saturated carbocycles. The van der Waals surface area contributed by atoms with Gasteiger partial charge in [0.05, 0.1) is 32.6 Å². The molecule has 0 bridgehead atoms. The lowest BCUT2D eigenvalue weighted by atomic mass is 9.97. The van der Waals surface area contributed by atoms with Crippen molar-refractivity contribution in [2.75, 3.05) is 43.5 Å². The number of nitrogens with zero attached hydrogens (tertiary/aromatic N) is 6. The minimum Gasteiger partial charge on any atom is -0.494 e. The highest BCUT2D eigenvalue weighted by Gasteiger charge is 2.29. The van der Waals surface area contributed by atoms with Crippen molar-refractivity contribution < 1.29 is 31.9 Å². The van der Waals surface area contributed by atoms with Gasteiger partial charge in [-0.25, -0.2) is 27.5 Å². The summed E-state index contributed by atoms with van der Waals surface area (Å²) in [5.74, 6) is 5.60. The number of pyridine rings is 1. The minimum absolute atomic E-state index is 0.0726. The number of halogens is 4. The van der Waals surface area contributed by atoms with Gasteiger partial charge in [0.15, 0.2) is 15.6 Å². The highest BCUT2D eigenvalue weighted by Crippen LogP contribution is 2.37. The number of rotatable bonds is 8. The Morgan fingerprint density at radius 1 is 1.11 bits per heavy atom. The maximum atomic E-state index is 13.7. The van der Waals surface area contributed by atoms with E-state index in [0.29, 0.717) is 27.8 Å². The van der Waals surface area contributed by atoms with Gasteiger partial charge in [0.25, 0.3) is 18.8 Å². The fourth-order valence-electron chi connectivity index (χ4n) is 4.82. The maximum absolute atomic E-state index is 13.7. The number of aromatic nitrogens is 4. The number of methoxy groups -OCH3 is 1. The first-order valence-corrected chi connectivity index (χ1v) is 14.7. The Morgan fingerprint density at radius 2 is 1.93 bits per heavy atom. The molecule has 1 N–H and O–H groups in total.